The van der Waals surface area contributed by atoms with Crippen molar-refractivity contribution in [1.29, 1.82) is 5.41 Å². The summed E-state index contributed by atoms with van der Waals surface area (Å²) in [5, 5.41) is 12.0. The van der Waals surface area contributed by atoms with Crippen LogP contribution >= 0.6 is 11.3 Å². The van der Waals surface area contributed by atoms with Gasteiger partial charge in [0.25, 0.3) is 0 Å². The van der Waals surface area contributed by atoms with Crippen LogP contribution in [-0.4, -0.2) is 37.6 Å². The SMILES string of the molecule is CCOC(=O)CC(Cc1cc2cc(C(=N)N)ccc2s1)c1ccc(O[C@H]2CCNC2)cc1. The van der Waals surface area contributed by atoms with Gasteiger partial charge in [0, 0.05) is 21.7 Å². The fourth-order valence-corrected chi connectivity index (χ4v) is 5.20. The van der Waals surface area contributed by atoms with Crippen LogP contribution in [0.1, 0.15) is 41.7 Å². The van der Waals surface area contributed by atoms with Gasteiger partial charge in [-0.05, 0) is 79.6 Å². The van der Waals surface area contributed by atoms with Crippen molar-refractivity contribution in [3.8, 4) is 5.75 Å². The summed E-state index contributed by atoms with van der Waals surface area (Å²) in [6.07, 6.45) is 2.30. The van der Waals surface area contributed by atoms with E-state index in [1.807, 2.05) is 37.3 Å². The van der Waals surface area contributed by atoms with Crippen molar-refractivity contribution in [3.05, 3.63) is 64.5 Å². The van der Waals surface area contributed by atoms with Gasteiger partial charge >= 0.3 is 5.97 Å². The lowest BCUT2D eigenvalue weighted by Gasteiger charge is -2.17. The predicted octanol–water partition coefficient (Wildman–Crippen LogP) is 4.21. The lowest BCUT2D eigenvalue weighted by atomic mass is 9.91. The smallest absolute Gasteiger partial charge is 0.306 e. The molecular weight excluding hydrogens is 422 g/mol. The average Bonchev–Trinajstić information content (AvgIpc) is 3.42. The Morgan fingerprint density at radius 2 is 2.06 bits per heavy atom. The lowest BCUT2D eigenvalue weighted by Crippen LogP contribution is -2.19. The number of nitrogens with two attached hydrogens (primary N) is 1. The van der Waals surface area contributed by atoms with Crippen LogP contribution in [0.4, 0.5) is 0 Å². The number of hydrogen-bond donors (Lipinski definition) is 3. The largest absolute Gasteiger partial charge is 0.489 e. The van der Waals surface area contributed by atoms with E-state index in [9.17, 15) is 4.79 Å². The molecule has 0 aliphatic carbocycles. The van der Waals surface area contributed by atoms with E-state index in [1.54, 1.807) is 11.3 Å². The molecule has 168 valence electrons. The number of carbonyl (C=O) groups is 1. The van der Waals surface area contributed by atoms with Crippen LogP contribution in [0, 0.1) is 5.41 Å². The molecule has 3 aromatic rings. The third-order valence-corrected chi connectivity index (χ3v) is 6.85. The number of nitrogens with one attached hydrogen (secondary N) is 2. The van der Waals surface area contributed by atoms with Gasteiger partial charge in [-0.25, -0.2) is 0 Å². The molecule has 6 nitrogen and oxygen atoms in total. The fourth-order valence-electron chi connectivity index (χ4n) is 4.08. The van der Waals surface area contributed by atoms with Gasteiger partial charge in [0.2, 0.25) is 0 Å². The molecule has 7 heteroatoms. The molecule has 1 aliphatic rings. The van der Waals surface area contributed by atoms with Gasteiger partial charge in [0.1, 0.15) is 17.7 Å². The monoisotopic (exact) mass is 451 g/mol. The Kier molecular flexibility index (Phi) is 7.07. The van der Waals surface area contributed by atoms with Crippen molar-refractivity contribution < 1.29 is 14.3 Å². The number of fused-ring (bicyclic) bond motifs is 1. The number of benzene rings is 2. The molecule has 0 amide bonds. The molecule has 1 aromatic heterocycles. The van der Waals surface area contributed by atoms with E-state index < -0.39 is 0 Å². The second kappa shape index (κ2) is 10.1. The summed E-state index contributed by atoms with van der Waals surface area (Å²) in [6.45, 7) is 4.08. The van der Waals surface area contributed by atoms with Crippen molar-refractivity contribution in [2.75, 3.05) is 19.7 Å². The Balaban J connectivity index is 1.54. The van der Waals surface area contributed by atoms with Gasteiger partial charge in [0.15, 0.2) is 0 Å². The first-order valence-corrected chi connectivity index (χ1v) is 11.8. The molecule has 0 spiro atoms. The highest BCUT2D eigenvalue weighted by molar-refractivity contribution is 7.19. The van der Waals surface area contributed by atoms with Gasteiger partial charge in [-0.3, -0.25) is 10.2 Å². The van der Waals surface area contributed by atoms with Crippen LogP contribution in [0.5, 0.6) is 5.75 Å². The first-order valence-electron chi connectivity index (χ1n) is 11.0. The Morgan fingerprint density at radius 1 is 1.25 bits per heavy atom. The summed E-state index contributed by atoms with van der Waals surface area (Å²) in [5.74, 6) is 0.748. The van der Waals surface area contributed by atoms with Crippen molar-refractivity contribution in [1.82, 2.24) is 5.32 Å². The fraction of sp³-hybridized carbons (Fsp3) is 0.360. The summed E-state index contributed by atoms with van der Waals surface area (Å²) in [5.41, 5.74) is 7.45. The van der Waals surface area contributed by atoms with Crippen LogP contribution in [-0.2, 0) is 16.0 Å². The molecule has 0 bridgehead atoms. The molecule has 1 aliphatic heterocycles. The van der Waals surface area contributed by atoms with E-state index in [0.717, 1.165) is 52.9 Å². The van der Waals surface area contributed by atoms with E-state index in [2.05, 4.69) is 23.5 Å². The molecule has 1 fully saturated rings. The van der Waals surface area contributed by atoms with Gasteiger partial charge < -0.3 is 20.5 Å². The average molecular weight is 452 g/mol. The van der Waals surface area contributed by atoms with Crippen molar-refractivity contribution in [3.63, 3.8) is 0 Å². The standard InChI is InChI=1S/C25H29N3O3S/c1-2-30-24(29)14-18(16-3-6-20(7-4-16)31-21-9-10-28-15-21)12-22-13-19-11-17(25(26)27)5-8-23(19)32-22/h3-8,11,13,18,21,28H,2,9-10,12,14-15H2,1H3,(H3,26,27)/t18?,21-/m0/s1. The third kappa shape index (κ3) is 5.47. The lowest BCUT2D eigenvalue weighted by molar-refractivity contribution is -0.143. The first-order chi connectivity index (χ1) is 15.5. The van der Waals surface area contributed by atoms with Crippen LogP contribution < -0.4 is 15.8 Å². The number of hydrogen-bond acceptors (Lipinski definition) is 6. The number of esters is 1. The van der Waals surface area contributed by atoms with Crippen molar-refractivity contribution in [2.24, 2.45) is 5.73 Å². The molecule has 0 radical (unpaired) electrons. The summed E-state index contributed by atoms with van der Waals surface area (Å²) < 4.78 is 12.4. The molecule has 0 saturated carbocycles. The maximum absolute atomic E-state index is 12.3. The minimum atomic E-state index is -0.185. The number of carbonyl (C=O) groups excluding carboxylic acids is 1. The number of rotatable bonds is 9. The minimum Gasteiger partial charge on any atom is -0.489 e. The van der Waals surface area contributed by atoms with Gasteiger partial charge in [0.05, 0.1) is 13.0 Å². The molecule has 32 heavy (non-hydrogen) atoms. The predicted molar refractivity (Wildman–Crippen MR) is 129 cm³/mol. The molecular formula is C25H29N3O3S. The van der Waals surface area contributed by atoms with E-state index in [-0.39, 0.29) is 23.8 Å². The van der Waals surface area contributed by atoms with Crippen LogP contribution in [0.2, 0.25) is 0 Å². The van der Waals surface area contributed by atoms with Gasteiger partial charge in [-0.15, -0.1) is 11.3 Å². The van der Waals surface area contributed by atoms with Crippen molar-refractivity contribution in [2.45, 2.75) is 38.2 Å². The highest BCUT2D eigenvalue weighted by Crippen LogP contribution is 2.33. The maximum atomic E-state index is 12.3. The molecule has 2 heterocycles. The number of ether oxygens (including phenoxy) is 2. The summed E-state index contributed by atoms with van der Waals surface area (Å²) in [4.78, 5) is 13.5. The Bertz CT molecular complexity index is 1090. The van der Waals surface area contributed by atoms with E-state index >= 15 is 0 Å². The van der Waals surface area contributed by atoms with E-state index in [1.165, 1.54) is 4.88 Å². The molecule has 4 N–H and O–H groups in total. The molecule has 4 rings (SSSR count). The third-order valence-electron chi connectivity index (χ3n) is 5.71. The Morgan fingerprint density at radius 3 is 2.75 bits per heavy atom. The molecule has 1 saturated heterocycles. The van der Waals surface area contributed by atoms with Crippen LogP contribution in [0.15, 0.2) is 48.5 Å². The van der Waals surface area contributed by atoms with Crippen molar-refractivity contribution >= 4 is 33.2 Å². The zero-order chi connectivity index (χ0) is 22.5. The highest BCUT2D eigenvalue weighted by atomic mass is 32.1. The Hall–Kier alpha value is -2.90. The molecule has 2 aromatic carbocycles. The summed E-state index contributed by atoms with van der Waals surface area (Å²) in [6, 6.07) is 16.1. The first kappa shape index (κ1) is 22.3. The zero-order valence-corrected chi connectivity index (χ0v) is 19.0. The number of amidine groups is 1. The number of nitrogen functional groups attached to an aromatic ring is 1. The maximum Gasteiger partial charge on any atom is 0.306 e. The van der Waals surface area contributed by atoms with Crippen LogP contribution in [0.3, 0.4) is 0 Å². The molecule has 2 atom stereocenters. The molecule has 1 unspecified atom stereocenters. The van der Waals surface area contributed by atoms with Crippen LogP contribution in [0.25, 0.3) is 10.1 Å². The highest BCUT2D eigenvalue weighted by Gasteiger charge is 2.20. The second-order valence-corrected chi connectivity index (χ2v) is 9.26. The quantitative estimate of drug-likeness (QED) is 0.257. The van der Waals surface area contributed by atoms with E-state index in [4.69, 9.17) is 20.6 Å². The van der Waals surface area contributed by atoms with E-state index in [0.29, 0.717) is 13.0 Å². The topological polar surface area (TPSA) is 97.4 Å². The minimum absolute atomic E-state index is 0.0107. The normalized spacial score (nSPS) is 16.7. The Labute approximate surface area is 192 Å². The summed E-state index contributed by atoms with van der Waals surface area (Å²) in [7, 11) is 0. The zero-order valence-electron chi connectivity index (χ0n) is 18.2. The number of thiophene rings is 1. The van der Waals surface area contributed by atoms with Gasteiger partial charge in [-0.1, -0.05) is 12.1 Å². The van der Waals surface area contributed by atoms with Gasteiger partial charge in [-0.2, -0.15) is 0 Å². The second-order valence-electron chi connectivity index (χ2n) is 8.09. The summed E-state index contributed by atoms with van der Waals surface area (Å²) >= 11 is 1.71.